The summed E-state index contributed by atoms with van der Waals surface area (Å²) in [5, 5.41) is -0.169. The molecule has 0 spiro atoms. The highest BCUT2D eigenvalue weighted by atomic mass is 79.9. The third-order valence-corrected chi connectivity index (χ3v) is 4.61. The predicted molar refractivity (Wildman–Crippen MR) is 88.8 cm³/mol. The van der Waals surface area contributed by atoms with Crippen molar-refractivity contribution in [2.45, 2.75) is 32.3 Å². The van der Waals surface area contributed by atoms with Crippen LogP contribution in [0, 0.1) is 6.92 Å². The van der Waals surface area contributed by atoms with Crippen LogP contribution < -0.4 is 4.74 Å². The first-order chi connectivity index (χ1) is 9.49. The summed E-state index contributed by atoms with van der Waals surface area (Å²) in [6, 6.07) is 14.1. The van der Waals surface area contributed by atoms with E-state index in [1.807, 2.05) is 50.2 Å². The highest BCUT2D eigenvalue weighted by molar-refractivity contribution is 9.10. The first-order valence-corrected chi connectivity index (χ1v) is 7.87. The fourth-order valence-corrected chi connectivity index (χ4v) is 2.99. The van der Waals surface area contributed by atoms with Gasteiger partial charge in [0.15, 0.2) is 0 Å². The molecule has 0 aliphatic heterocycles. The van der Waals surface area contributed by atoms with Crippen LogP contribution in [0.25, 0.3) is 0 Å². The minimum atomic E-state index is -0.169. The molecule has 1 atom stereocenters. The Labute approximate surface area is 134 Å². The molecule has 1 unspecified atom stereocenters. The molecular weight excluding hydrogens is 336 g/mol. The maximum atomic E-state index is 6.60. The van der Waals surface area contributed by atoms with Crippen LogP contribution >= 0.6 is 27.5 Å². The Balaban J connectivity index is 2.25. The largest absolute Gasteiger partial charge is 0.491 e. The standard InChI is InChI=1S/C17H18BrClO/c1-11(2)20-14-9-7-13(8-10-14)17(19)15-6-4-5-12(3)16(15)18/h4-11,17H,1-3H3. The topological polar surface area (TPSA) is 9.23 Å². The SMILES string of the molecule is Cc1cccc(C(Cl)c2ccc(OC(C)C)cc2)c1Br. The fourth-order valence-electron chi connectivity index (χ4n) is 2.03. The van der Waals surface area contributed by atoms with Gasteiger partial charge in [0.25, 0.3) is 0 Å². The minimum Gasteiger partial charge on any atom is -0.491 e. The van der Waals surface area contributed by atoms with Crippen molar-refractivity contribution in [2.75, 3.05) is 0 Å². The van der Waals surface area contributed by atoms with Gasteiger partial charge in [0.2, 0.25) is 0 Å². The zero-order chi connectivity index (χ0) is 14.7. The van der Waals surface area contributed by atoms with Crippen LogP contribution in [0.5, 0.6) is 5.75 Å². The van der Waals surface area contributed by atoms with Crippen molar-refractivity contribution in [3.05, 3.63) is 63.6 Å². The number of alkyl halides is 1. The number of ether oxygens (including phenoxy) is 1. The van der Waals surface area contributed by atoms with Crippen LogP contribution in [0.15, 0.2) is 46.9 Å². The number of rotatable bonds is 4. The molecule has 0 heterocycles. The lowest BCUT2D eigenvalue weighted by atomic mass is 10.0. The smallest absolute Gasteiger partial charge is 0.119 e. The summed E-state index contributed by atoms with van der Waals surface area (Å²) in [7, 11) is 0. The third-order valence-electron chi connectivity index (χ3n) is 3.04. The maximum Gasteiger partial charge on any atom is 0.119 e. The van der Waals surface area contributed by atoms with Crippen LogP contribution in [0.4, 0.5) is 0 Å². The Kier molecular flexibility index (Phi) is 5.11. The van der Waals surface area contributed by atoms with Gasteiger partial charge in [-0.2, -0.15) is 0 Å². The van der Waals surface area contributed by atoms with Crippen molar-refractivity contribution in [2.24, 2.45) is 0 Å². The van der Waals surface area contributed by atoms with Gasteiger partial charge in [-0.1, -0.05) is 46.3 Å². The van der Waals surface area contributed by atoms with Crippen molar-refractivity contribution < 1.29 is 4.74 Å². The van der Waals surface area contributed by atoms with E-state index in [0.717, 1.165) is 21.3 Å². The van der Waals surface area contributed by atoms with E-state index < -0.39 is 0 Å². The summed E-state index contributed by atoms with van der Waals surface area (Å²) < 4.78 is 6.72. The molecule has 0 aliphatic carbocycles. The van der Waals surface area contributed by atoms with Crippen molar-refractivity contribution in [3.63, 3.8) is 0 Å². The lowest BCUT2D eigenvalue weighted by molar-refractivity contribution is 0.242. The van der Waals surface area contributed by atoms with Crippen molar-refractivity contribution in [1.29, 1.82) is 0 Å². The maximum absolute atomic E-state index is 6.60. The normalized spacial score (nSPS) is 12.5. The van der Waals surface area contributed by atoms with E-state index in [9.17, 15) is 0 Å². The Morgan fingerprint density at radius 2 is 1.70 bits per heavy atom. The van der Waals surface area contributed by atoms with Crippen LogP contribution in [0.1, 0.15) is 35.9 Å². The van der Waals surface area contributed by atoms with E-state index in [2.05, 4.69) is 28.9 Å². The van der Waals surface area contributed by atoms with Crippen LogP contribution in [-0.4, -0.2) is 6.10 Å². The minimum absolute atomic E-state index is 0.169. The summed E-state index contributed by atoms with van der Waals surface area (Å²) in [6.45, 7) is 6.10. The van der Waals surface area contributed by atoms with Gasteiger partial charge in [0, 0.05) is 4.47 Å². The molecule has 3 heteroatoms. The number of hydrogen-bond donors (Lipinski definition) is 0. The molecule has 0 amide bonds. The Morgan fingerprint density at radius 3 is 2.30 bits per heavy atom. The fraction of sp³-hybridized carbons (Fsp3) is 0.294. The van der Waals surface area contributed by atoms with Gasteiger partial charge < -0.3 is 4.74 Å². The van der Waals surface area contributed by atoms with Gasteiger partial charge >= 0.3 is 0 Å². The summed E-state index contributed by atoms with van der Waals surface area (Å²) in [5.41, 5.74) is 3.34. The molecule has 20 heavy (non-hydrogen) atoms. The number of aryl methyl sites for hydroxylation is 1. The van der Waals surface area contributed by atoms with Crippen molar-refractivity contribution >= 4 is 27.5 Å². The van der Waals surface area contributed by atoms with E-state index >= 15 is 0 Å². The van der Waals surface area contributed by atoms with E-state index in [1.54, 1.807) is 0 Å². The second kappa shape index (κ2) is 6.64. The second-order valence-corrected chi connectivity index (χ2v) is 6.31. The average Bonchev–Trinajstić information content (AvgIpc) is 2.41. The van der Waals surface area contributed by atoms with Crippen LogP contribution in [0.3, 0.4) is 0 Å². The molecule has 0 fully saturated rings. The molecule has 0 N–H and O–H groups in total. The number of benzene rings is 2. The summed E-state index contributed by atoms with van der Waals surface area (Å²) in [5.74, 6) is 0.871. The molecule has 0 aromatic heterocycles. The van der Waals surface area contributed by atoms with Gasteiger partial charge in [0.1, 0.15) is 5.75 Å². The summed E-state index contributed by atoms with van der Waals surface area (Å²) >= 11 is 10.2. The Hall–Kier alpha value is -0.990. The molecule has 0 aliphatic rings. The second-order valence-electron chi connectivity index (χ2n) is 5.08. The van der Waals surface area contributed by atoms with E-state index in [1.165, 1.54) is 5.56 Å². The van der Waals surface area contributed by atoms with Crippen molar-refractivity contribution in [1.82, 2.24) is 0 Å². The molecule has 2 aromatic carbocycles. The quantitative estimate of drug-likeness (QED) is 0.624. The average molecular weight is 354 g/mol. The summed E-state index contributed by atoms with van der Waals surface area (Å²) in [6.07, 6.45) is 0.179. The van der Waals surface area contributed by atoms with Crippen LogP contribution in [-0.2, 0) is 0 Å². The van der Waals surface area contributed by atoms with E-state index in [4.69, 9.17) is 16.3 Å². The monoisotopic (exact) mass is 352 g/mol. The molecule has 0 saturated carbocycles. The molecule has 0 saturated heterocycles. The van der Waals surface area contributed by atoms with Gasteiger partial charge in [-0.25, -0.2) is 0 Å². The van der Waals surface area contributed by atoms with Gasteiger partial charge in [-0.05, 0) is 49.6 Å². The van der Waals surface area contributed by atoms with Crippen molar-refractivity contribution in [3.8, 4) is 5.75 Å². The zero-order valence-corrected chi connectivity index (χ0v) is 14.2. The molecule has 2 aromatic rings. The molecule has 106 valence electrons. The highest BCUT2D eigenvalue weighted by Gasteiger charge is 2.15. The Morgan fingerprint density at radius 1 is 1.05 bits per heavy atom. The molecular formula is C17H18BrClO. The zero-order valence-electron chi connectivity index (χ0n) is 11.9. The highest BCUT2D eigenvalue weighted by Crippen LogP contribution is 2.35. The molecule has 1 nitrogen and oxygen atoms in total. The first kappa shape index (κ1) is 15.4. The van der Waals surface area contributed by atoms with E-state index in [0.29, 0.717) is 0 Å². The molecule has 0 radical (unpaired) electrons. The van der Waals surface area contributed by atoms with Gasteiger partial charge in [-0.15, -0.1) is 11.6 Å². The number of halogens is 2. The molecule has 2 rings (SSSR count). The summed E-state index contributed by atoms with van der Waals surface area (Å²) in [4.78, 5) is 0. The predicted octanol–water partition coefficient (Wildman–Crippen LogP) is 5.87. The molecule has 0 bridgehead atoms. The lowest BCUT2D eigenvalue weighted by Gasteiger charge is -2.15. The van der Waals surface area contributed by atoms with Crippen LogP contribution in [0.2, 0.25) is 0 Å². The van der Waals surface area contributed by atoms with Gasteiger partial charge in [-0.3, -0.25) is 0 Å². The van der Waals surface area contributed by atoms with E-state index in [-0.39, 0.29) is 11.5 Å². The number of hydrogen-bond acceptors (Lipinski definition) is 1. The first-order valence-electron chi connectivity index (χ1n) is 6.64. The van der Waals surface area contributed by atoms with Gasteiger partial charge in [0.05, 0.1) is 11.5 Å². The third kappa shape index (κ3) is 3.56. The Bertz CT molecular complexity index is 578. The lowest BCUT2D eigenvalue weighted by Crippen LogP contribution is -2.05.